The molecule has 0 aromatic heterocycles. The second-order valence-corrected chi connectivity index (χ2v) is 5.27. The summed E-state index contributed by atoms with van der Waals surface area (Å²) in [6.45, 7) is 3.58. The molecule has 1 heterocycles. The van der Waals surface area contributed by atoms with Gasteiger partial charge in [-0.2, -0.15) is 0 Å². The average Bonchev–Trinajstić information content (AvgIpc) is 2.53. The van der Waals surface area contributed by atoms with Crippen molar-refractivity contribution in [3.05, 3.63) is 29.3 Å². The highest BCUT2D eigenvalue weighted by atomic mass is 16.2. The van der Waals surface area contributed by atoms with Crippen molar-refractivity contribution in [1.29, 1.82) is 0 Å². The monoisotopic (exact) mass is 289 g/mol. The van der Waals surface area contributed by atoms with Gasteiger partial charge in [-0.1, -0.05) is 19.1 Å². The molecule has 2 amide bonds. The number of likely N-dealkylation sites (N-methyl/N-ethyl adjacent to an activating group) is 1. The molecule has 0 saturated heterocycles. The van der Waals surface area contributed by atoms with Crippen LogP contribution in [0.3, 0.4) is 0 Å². The summed E-state index contributed by atoms with van der Waals surface area (Å²) in [6, 6.07) is 5.82. The van der Waals surface area contributed by atoms with Crippen LogP contribution in [0.25, 0.3) is 0 Å². The van der Waals surface area contributed by atoms with Crippen LogP contribution < -0.4 is 10.6 Å². The molecule has 0 unspecified atom stereocenters. The summed E-state index contributed by atoms with van der Waals surface area (Å²) >= 11 is 0. The number of nitrogens with one attached hydrogen (secondary N) is 2. The van der Waals surface area contributed by atoms with Crippen molar-refractivity contribution in [2.45, 2.75) is 26.2 Å². The third-order valence-corrected chi connectivity index (χ3v) is 3.70. The van der Waals surface area contributed by atoms with E-state index in [1.165, 1.54) is 5.56 Å². The fourth-order valence-corrected chi connectivity index (χ4v) is 2.63. The number of rotatable bonds is 5. The minimum atomic E-state index is -0.144. The van der Waals surface area contributed by atoms with Gasteiger partial charge in [0.2, 0.25) is 5.91 Å². The fraction of sp³-hybridized carbons (Fsp3) is 0.500. The second kappa shape index (κ2) is 7.11. The van der Waals surface area contributed by atoms with Crippen molar-refractivity contribution in [1.82, 2.24) is 10.2 Å². The van der Waals surface area contributed by atoms with Crippen molar-refractivity contribution in [3.8, 4) is 0 Å². The largest absolute Gasteiger partial charge is 0.384 e. The number of fused-ring (bicyclic) bond motifs is 1. The van der Waals surface area contributed by atoms with Crippen molar-refractivity contribution in [3.63, 3.8) is 0 Å². The van der Waals surface area contributed by atoms with E-state index in [9.17, 15) is 9.59 Å². The van der Waals surface area contributed by atoms with Crippen LogP contribution in [0, 0.1) is 0 Å². The van der Waals surface area contributed by atoms with Gasteiger partial charge in [0.05, 0.1) is 17.8 Å². The molecule has 2 N–H and O–H groups in total. The predicted octanol–water partition coefficient (Wildman–Crippen LogP) is 1.64. The summed E-state index contributed by atoms with van der Waals surface area (Å²) in [4.78, 5) is 26.0. The number of carbonyl (C=O) groups excluding carboxylic acids is 2. The zero-order valence-corrected chi connectivity index (χ0v) is 12.7. The smallest absolute Gasteiger partial charge is 0.256 e. The Morgan fingerprint density at radius 3 is 2.90 bits per heavy atom. The van der Waals surface area contributed by atoms with Crippen LogP contribution in [0.2, 0.25) is 0 Å². The first kappa shape index (κ1) is 15.4. The lowest BCUT2D eigenvalue weighted by Crippen LogP contribution is -2.40. The van der Waals surface area contributed by atoms with Crippen molar-refractivity contribution in [2.24, 2.45) is 0 Å². The minimum absolute atomic E-state index is 0.0771. The predicted molar refractivity (Wildman–Crippen MR) is 83.5 cm³/mol. The molecule has 0 atom stereocenters. The van der Waals surface area contributed by atoms with E-state index in [4.69, 9.17) is 0 Å². The molecule has 0 radical (unpaired) electrons. The number of nitrogens with zero attached hydrogens (tertiary/aromatic N) is 1. The Labute approximate surface area is 125 Å². The van der Waals surface area contributed by atoms with E-state index in [2.05, 4.69) is 16.7 Å². The maximum Gasteiger partial charge on any atom is 0.256 e. The molecular weight excluding hydrogens is 266 g/mol. The van der Waals surface area contributed by atoms with Gasteiger partial charge in [-0.25, -0.2) is 0 Å². The molecule has 0 bridgehead atoms. The van der Waals surface area contributed by atoms with Gasteiger partial charge >= 0.3 is 0 Å². The summed E-state index contributed by atoms with van der Waals surface area (Å²) in [6.07, 6.45) is 2.90. The first-order valence-electron chi connectivity index (χ1n) is 7.53. The first-order chi connectivity index (χ1) is 10.2. The van der Waals surface area contributed by atoms with E-state index in [-0.39, 0.29) is 18.4 Å². The molecule has 0 aliphatic carbocycles. The third kappa shape index (κ3) is 3.54. The summed E-state index contributed by atoms with van der Waals surface area (Å²) < 4.78 is 0. The van der Waals surface area contributed by atoms with E-state index in [0.717, 1.165) is 31.5 Å². The molecule has 0 spiro atoms. The van der Waals surface area contributed by atoms with Crippen molar-refractivity contribution < 1.29 is 9.59 Å². The molecule has 1 aliphatic rings. The van der Waals surface area contributed by atoms with Crippen LogP contribution >= 0.6 is 0 Å². The Morgan fingerprint density at radius 1 is 1.38 bits per heavy atom. The van der Waals surface area contributed by atoms with Crippen LogP contribution in [0.1, 0.15) is 35.7 Å². The third-order valence-electron chi connectivity index (χ3n) is 3.70. The Kier molecular flexibility index (Phi) is 5.20. The van der Waals surface area contributed by atoms with Gasteiger partial charge in [-0.3, -0.25) is 9.59 Å². The maximum atomic E-state index is 12.8. The number of hydrogen-bond acceptors (Lipinski definition) is 3. The van der Waals surface area contributed by atoms with Crippen molar-refractivity contribution in [2.75, 3.05) is 32.0 Å². The molecular formula is C16H23N3O2. The lowest BCUT2D eigenvalue weighted by Gasteiger charge is -2.25. The van der Waals surface area contributed by atoms with Gasteiger partial charge < -0.3 is 15.5 Å². The lowest BCUT2D eigenvalue weighted by atomic mass is 9.98. The first-order valence-corrected chi connectivity index (χ1v) is 7.53. The molecule has 114 valence electrons. The van der Waals surface area contributed by atoms with Crippen LogP contribution in [0.5, 0.6) is 0 Å². The summed E-state index contributed by atoms with van der Waals surface area (Å²) in [5, 5.41) is 5.90. The Bertz CT molecular complexity index is 528. The molecule has 1 aliphatic heterocycles. The maximum absolute atomic E-state index is 12.8. The van der Waals surface area contributed by atoms with E-state index >= 15 is 0 Å². The molecule has 21 heavy (non-hydrogen) atoms. The van der Waals surface area contributed by atoms with Crippen LogP contribution in [-0.4, -0.2) is 43.4 Å². The van der Waals surface area contributed by atoms with E-state index in [0.29, 0.717) is 12.1 Å². The van der Waals surface area contributed by atoms with Gasteiger partial charge in [-0.15, -0.1) is 0 Å². The molecule has 5 nitrogen and oxygen atoms in total. The number of carbonyl (C=O) groups is 2. The Hall–Kier alpha value is -2.04. The van der Waals surface area contributed by atoms with Gasteiger partial charge in [-0.05, 0) is 30.9 Å². The number of benzene rings is 1. The quantitative estimate of drug-likeness (QED) is 0.866. The zero-order valence-electron chi connectivity index (χ0n) is 12.7. The van der Waals surface area contributed by atoms with Gasteiger partial charge in [0.1, 0.15) is 0 Å². The fourth-order valence-electron chi connectivity index (χ4n) is 2.63. The highest BCUT2D eigenvalue weighted by Crippen LogP contribution is 2.27. The summed E-state index contributed by atoms with van der Waals surface area (Å²) in [7, 11) is 1.59. The highest BCUT2D eigenvalue weighted by Gasteiger charge is 2.22. The van der Waals surface area contributed by atoms with Gasteiger partial charge in [0, 0.05) is 20.1 Å². The van der Waals surface area contributed by atoms with Gasteiger partial charge in [0.25, 0.3) is 5.91 Å². The molecule has 5 heteroatoms. The SMILES string of the molecule is CCCN(CC(=O)NC)C(=O)c1cccc2c1NCCC2. The normalized spacial score (nSPS) is 13.0. The standard InChI is InChI=1S/C16H23N3O2/c1-3-10-19(11-14(20)17-2)16(21)13-8-4-6-12-7-5-9-18-15(12)13/h4,6,8,18H,3,5,7,9-11H2,1-2H3,(H,17,20). The van der Waals surface area contributed by atoms with E-state index < -0.39 is 0 Å². The van der Waals surface area contributed by atoms with E-state index in [1.54, 1.807) is 11.9 Å². The number of hydrogen-bond donors (Lipinski definition) is 2. The molecule has 1 aromatic carbocycles. The van der Waals surface area contributed by atoms with Crippen molar-refractivity contribution >= 4 is 17.5 Å². The number of anilines is 1. The zero-order chi connectivity index (χ0) is 15.2. The molecule has 0 saturated carbocycles. The van der Waals surface area contributed by atoms with Gasteiger partial charge in [0.15, 0.2) is 0 Å². The second-order valence-electron chi connectivity index (χ2n) is 5.27. The molecule has 0 fully saturated rings. The number of para-hydroxylation sites is 1. The number of aryl methyl sites for hydroxylation is 1. The minimum Gasteiger partial charge on any atom is -0.384 e. The molecule has 2 rings (SSSR count). The van der Waals surface area contributed by atoms with Crippen LogP contribution in [-0.2, 0) is 11.2 Å². The summed E-state index contributed by atoms with van der Waals surface area (Å²) in [5.74, 6) is -0.221. The Morgan fingerprint density at radius 2 is 2.19 bits per heavy atom. The number of amides is 2. The lowest BCUT2D eigenvalue weighted by molar-refractivity contribution is -0.121. The van der Waals surface area contributed by atoms with Crippen LogP contribution in [0.15, 0.2) is 18.2 Å². The topological polar surface area (TPSA) is 61.4 Å². The summed E-state index contributed by atoms with van der Waals surface area (Å²) in [5.41, 5.74) is 2.79. The Balaban J connectivity index is 2.26. The van der Waals surface area contributed by atoms with Crippen LogP contribution in [0.4, 0.5) is 5.69 Å². The average molecular weight is 289 g/mol. The van der Waals surface area contributed by atoms with E-state index in [1.807, 2.05) is 19.1 Å². The molecule has 1 aromatic rings. The highest BCUT2D eigenvalue weighted by molar-refractivity contribution is 6.01.